The summed E-state index contributed by atoms with van der Waals surface area (Å²) in [5.41, 5.74) is 2.27. The van der Waals surface area contributed by atoms with Crippen LogP contribution >= 0.6 is 11.8 Å². The Morgan fingerprint density at radius 1 is 1.40 bits per heavy atom. The molecule has 1 aromatic heterocycles. The van der Waals surface area contributed by atoms with Gasteiger partial charge in [0.1, 0.15) is 5.82 Å². The van der Waals surface area contributed by atoms with Gasteiger partial charge < -0.3 is 10.1 Å². The number of thioether (sulfide) groups is 1. The van der Waals surface area contributed by atoms with Crippen molar-refractivity contribution in [2.24, 2.45) is 0 Å². The number of methoxy groups -OCH3 is 1. The monoisotopic (exact) mass is 295 g/mol. The average Bonchev–Trinajstić information content (AvgIpc) is 2.42. The zero-order valence-corrected chi connectivity index (χ0v) is 13.3. The van der Waals surface area contributed by atoms with Crippen LogP contribution in [0.1, 0.15) is 48.3 Å². The first-order valence-corrected chi connectivity index (χ1v) is 7.71. The third-order valence-electron chi connectivity index (χ3n) is 2.99. The van der Waals surface area contributed by atoms with Crippen molar-refractivity contribution in [1.82, 2.24) is 15.3 Å². The highest BCUT2D eigenvalue weighted by Crippen LogP contribution is 2.27. The number of rotatable bonds is 3. The fraction of sp³-hybridized carbons (Fsp3) is 0.643. The van der Waals surface area contributed by atoms with Gasteiger partial charge in [-0.05, 0) is 0 Å². The van der Waals surface area contributed by atoms with Gasteiger partial charge in [-0.2, -0.15) is 0 Å². The Morgan fingerprint density at radius 2 is 2.15 bits per heavy atom. The highest BCUT2D eigenvalue weighted by molar-refractivity contribution is 7.99. The molecule has 6 heteroatoms. The number of ether oxygens (including phenoxy) is 1. The molecule has 0 bridgehead atoms. The third kappa shape index (κ3) is 3.70. The molecule has 0 spiro atoms. The zero-order chi connectivity index (χ0) is 14.8. The second-order valence-electron chi connectivity index (χ2n) is 5.73. The van der Waals surface area contributed by atoms with Crippen LogP contribution in [0.25, 0.3) is 0 Å². The number of hydrogen-bond donors (Lipinski definition) is 1. The van der Waals surface area contributed by atoms with E-state index < -0.39 is 0 Å². The van der Waals surface area contributed by atoms with Crippen molar-refractivity contribution in [1.29, 1.82) is 0 Å². The lowest BCUT2D eigenvalue weighted by molar-refractivity contribution is 0.0591. The van der Waals surface area contributed by atoms with E-state index in [9.17, 15) is 4.79 Å². The van der Waals surface area contributed by atoms with Gasteiger partial charge in [-0.15, -0.1) is 11.8 Å². The molecule has 0 aromatic carbocycles. The molecule has 0 fully saturated rings. The van der Waals surface area contributed by atoms with Crippen LogP contribution in [0.2, 0.25) is 0 Å². The summed E-state index contributed by atoms with van der Waals surface area (Å²) in [6.07, 6.45) is 0.828. The molecule has 0 unspecified atom stereocenters. The van der Waals surface area contributed by atoms with Crippen molar-refractivity contribution in [2.75, 3.05) is 13.7 Å². The summed E-state index contributed by atoms with van der Waals surface area (Å²) >= 11 is 1.77. The molecule has 1 aromatic rings. The zero-order valence-electron chi connectivity index (χ0n) is 12.4. The summed E-state index contributed by atoms with van der Waals surface area (Å²) in [6, 6.07) is 0. The predicted octanol–water partition coefficient (Wildman–Crippen LogP) is 1.94. The Hall–Kier alpha value is -1.14. The normalized spacial score (nSPS) is 14.8. The molecule has 2 heterocycles. The summed E-state index contributed by atoms with van der Waals surface area (Å²) in [6.45, 7) is 7.98. The van der Waals surface area contributed by atoms with E-state index >= 15 is 0 Å². The second-order valence-corrected chi connectivity index (χ2v) is 7.54. The molecule has 0 saturated heterocycles. The number of carbonyl (C=O) groups is 1. The number of nitrogens with zero attached hydrogens (tertiary/aromatic N) is 2. The molecule has 0 aliphatic carbocycles. The van der Waals surface area contributed by atoms with Gasteiger partial charge in [0.05, 0.1) is 18.6 Å². The molecule has 0 amide bonds. The lowest BCUT2D eigenvalue weighted by atomic mass is 10.1. The minimum Gasteiger partial charge on any atom is -0.464 e. The summed E-state index contributed by atoms with van der Waals surface area (Å²) in [7, 11) is 1.39. The maximum Gasteiger partial charge on any atom is 0.357 e. The first-order chi connectivity index (χ1) is 9.40. The quantitative estimate of drug-likeness (QED) is 0.860. The van der Waals surface area contributed by atoms with Crippen molar-refractivity contribution in [2.45, 2.75) is 44.2 Å². The van der Waals surface area contributed by atoms with Crippen molar-refractivity contribution < 1.29 is 9.53 Å². The van der Waals surface area contributed by atoms with Crippen LogP contribution in [0, 0.1) is 0 Å². The van der Waals surface area contributed by atoms with Crippen LogP contribution in [-0.2, 0) is 23.5 Å². The van der Waals surface area contributed by atoms with Gasteiger partial charge in [0.25, 0.3) is 0 Å². The molecular weight excluding hydrogens is 274 g/mol. The van der Waals surface area contributed by atoms with Crippen molar-refractivity contribution >= 4 is 17.7 Å². The van der Waals surface area contributed by atoms with Crippen LogP contribution in [0.4, 0.5) is 0 Å². The number of hydrogen-bond acceptors (Lipinski definition) is 6. The van der Waals surface area contributed by atoms with Gasteiger partial charge in [-0.1, -0.05) is 20.8 Å². The minimum absolute atomic E-state index is 0.145. The largest absolute Gasteiger partial charge is 0.464 e. The minimum atomic E-state index is -0.380. The number of fused-ring (bicyclic) bond motifs is 1. The Labute approximate surface area is 123 Å². The predicted molar refractivity (Wildman–Crippen MR) is 79.8 cm³/mol. The highest BCUT2D eigenvalue weighted by atomic mass is 32.2. The lowest BCUT2D eigenvalue weighted by Gasteiger charge is -2.21. The van der Waals surface area contributed by atoms with E-state index in [-0.39, 0.29) is 10.7 Å². The van der Waals surface area contributed by atoms with E-state index in [0.29, 0.717) is 23.8 Å². The number of esters is 1. The second kappa shape index (κ2) is 6.10. The highest BCUT2D eigenvalue weighted by Gasteiger charge is 2.23. The fourth-order valence-corrected chi connectivity index (χ4v) is 2.70. The van der Waals surface area contributed by atoms with Crippen LogP contribution in [0.5, 0.6) is 0 Å². The van der Waals surface area contributed by atoms with Gasteiger partial charge in [0.2, 0.25) is 0 Å². The topological polar surface area (TPSA) is 64.1 Å². The molecule has 0 saturated carbocycles. The molecule has 0 radical (unpaired) electrons. The lowest BCUT2D eigenvalue weighted by Crippen LogP contribution is -2.28. The first-order valence-electron chi connectivity index (χ1n) is 6.72. The van der Waals surface area contributed by atoms with E-state index in [4.69, 9.17) is 4.74 Å². The summed E-state index contributed by atoms with van der Waals surface area (Å²) in [5, 5.41) is 3.24. The first kappa shape index (κ1) is 15.3. The molecule has 1 aliphatic rings. The molecular formula is C14H21N3O2S. The van der Waals surface area contributed by atoms with Crippen LogP contribution in [-0.4, -0.2) is 34.3 Å². The van der Waals surface area contributed by atoms with Crippen molar-refractivity contribution in [3.8, 4) is 0 Å². The number of aromatic nitrogens is 2. The van der Waals surface area contributed by atoms with Crippen LogP contribution < -0.4 is 5.32 Å². The van der Waals surface area contributed by atoms with Gasteiger partial charge in [0, 0.05) is 29.8 Å². The molecule has 20 heavy (non-hydrogen) atoms. The SMILES string of the molecule is COC(=O)c1nc(CSC(C)(C)C)nc2c1CNCC2. The summed E-state index contributed by atoms with van der Waals surface area (Å²) in [4.78, 5) is 20.9. The molecule has 110 valence electrons. The van der Waals surface area contributed by atoms with Gasteiger partial charge >= 0.3 is 5.97 Å². The van der Waals surface area contributed by atoms with E-state index in [1.54, 1.807) is 11.8 Å². The molecule has 2 rings (SSSR count). The maximum absolute atomic E-state index is 11.9. The maximum atomic E-state index is 11.9. The van der Waals surface area contributed by atoms with Gasteiger partial charge in [0.15, 0.2) is 5.69 Å². The number of nitrogens with one attached hydrogen (secondary N) is 1. The third-order valence-corrected chi connectivity index (χ3v) is 4.26. The fourth-order valence-electron chi connectivity index (χ4n) is 2.01. The summed E-state index contributed by atoms with van der Waals surface area (Å²) in [5.74, 6) is 1.04. The smallest absolute Gasteiger partial charge is 0.357 e. The van der Waals surface area contributed by atoms with E-state index in [1.807, 2.05) is 0 Å². The van der Waals surface area contributed by atoms with E-state index in [2.05, 4.69) is 36.1 Å². The van der Waals surface area contributed by atoms with Gasteiger partial charge in [-0.3, -0.25) is 0 Å². The van der Waals surface area contributed by atoms with E-state index in [1.165, 1.54) is 7.11 Å². The average molecular weight is 295 g/mol. The molecule has 5 nitrogen and oxygen atoms in total. The van der Waals surface area contributed by atoms with Crippen LogP contribution in [0.15, 0.2) is 0 Å². The summed E-state index contributed by atoms with van der Waals surface area (Å²) < 4.78 is 4.98. The Kier molecular flexibility index (Phi) is 4.65. The molecule has 1 N–H and O–H groups in total. The molecule has 0 atom stereocenters. The number of carbonyl (C=O) groups excluding carboxylic acids is 1. The van der Waals surface area contributed by atoms with E-state index in [0.717, 1.165) is 24.2 Å². The van der Waals surface area contributed by atoms with Crippen molar-refractivity contribution in [3.63, 3.8) is 0 Å². The standard InChI is InChI=1S/C14H21N3O2S/c1-14(2,3)20-8-11-16-10-5-6-15-7-9(10)12(17-11)13(18)19-4/h15H,5-8H2,1-4H3. The Bertz CT molecular complexity index is 512. The van der Waals surface area contributed by atoms with Crippen LogP contribution in [0.3, 0.4) is 0 Å². The Morgan fingerprint density at radius 3 is 2.80 bits per heavy atom. The van der Waals surface area contributed by atoms with Crippen molar-refractivity contribution in [3.05, 3.63) is 22.8 Å². The van der Waals surface area contributed by atoms with Gasteiger partial charge in [-0.25, -0.2) is 14.8 Å². The molecule has 1 aliphatic heterocycles. The Balaban J connectivity index is 2.32.